The lowest BCUT2D eigenvalue weighted by molar-refractivity contribution is -0.268. The summed E-state index contributed by atoms with van der Waals surface area (Å²) in [5.74, 6) is -2.12. The number of carboxylic acid groups (broad SMARTS) is 1. The fourth-order valence-electron chi connectivity index (χ4n) is 2.87. The van der Waals surface area contributed by atoms with Crippen LogP contribution < -0.4 is 15.1 Å². The third kappa shape index (κ3) is 4.41. The fraction of sp³-hybridized carbons (Fsp3) is 0. The summed E-state index contributed by atoms with van der Waals surface area (Å²) in [6.45, 7) is 0. The van der Waals surface area contributed by atoms with Crippen molar-refractivity contribution >= 4 is 56.0 Å². The molecule has 1 aromatic heterocycles. The molecule has 32 heavy (non-hydrogen) atoms. The number of halogens is 1. The minimum Gasteiger partial charge on any atom is -0.872 e. The normalized spacial score (nSPS) is 11.3. The van der Waals surface area contributed by atoms with Gasteiger partial charge in [0.05, 0.1) is 21.5 Å². The van der Waals surface area contributed by atoms with Crippen LogP contribution in [-0.4, -0.2) is 29.5 Å². The summed E-state index contributed by atoms with van der Waals surface area (Å²) >= 11 is 5.84. The number of para-hydroxylation sites is 2. The van der Waals surface area contributed by atoms with E-state index >= 15 is 0 Å². The van der Waals surface area contributed by atoms with E-state index in [9.17, 15) is 23.4 Å². The Balaban J connectivity index is 1.78. The SMILES string of the molecule is O=C(O)c1cc(Nc2nc3ccccc3nc2NS(=O)(=O)c2ccc(Cl)cc2)ccc1[O-]. The molecule has 11 heteroatoms. The highest BCUT2D eigenvalue weighted by Gasteiger charge is 2.19. The van der Waals surface area contributed by atoms with Crippen LogP contribution in [0.25, 0.3) is 11.0 Å². The van der Waals surface area contributed by atoms with Gasteiger partial charge < -0.3 is 15.5 Å². The van der Waals surface area contributed by atoms with E-state index in [0.29, 0.717) is 16.1 Å². The second-order valence-corrected chi connectivity index (χ2v) is 8.73. The molecule has 162 valence electrons. The number of carboxylic acids is 1. The summed E-state index contributed by atoms with van der Waals surface area (Å²) in [5.41, 5.74) is 0.696. The van der Waals surface area contributed by atoms with Gasteiger partial charge in [-0.05, 0) is 48.5 Å². The Morgan fingerprint density at radius 1 is 0.938 bits per heavy atom. The molecule has 3 N–H and O–H groups in total. The molecule has 0 atom stereocenters. The number of hydrogen-bond acceptors (Lipinski definition) is 7. The number of rotatable bonds is 6. The lowest BCUT2D eigenvalue weighted by Gasteiger charge is -2.16. The summed E-state index contributed by atoms with van der Waals surface area (Å²) in [6.07, 6.45) is 0. The number of nitrogens with one attached hydrogen (secondary N) is 2. The van der Waals surface area contributed by atoms with Crippen molar-refractivity contribution in [3.63, 3.8) is 0 Å². The summed E-state index contributed by atoms with van der Waals surface area (Å²) in [7, 11) is -4.04. The van der Waals surface area contributed by atoms with Crippen molar-refractivity contribution in [2.75, 3.05) is 10.0 Å². The minimum absolute atomic E-state index is 0.0243. The predicted molar refractivity (Wildman–Crippen MR) is 118 cm³/mol. The highest BCUT2D eigenvalue weighted by molar-refractivity contribution is 7.92. The summed E-state index contributed by atoms with van der Waals surface area (Å²) < 4.78 is 28.1. The van der Waals surface area contributed by atoms with Crippen molar-refractivity contribution in [3.05, 3.63) is 77.3 Å². The molecule has 0 unspecified atom stereocenters. The van der Waals surface area contributed by atoms with Gasteiger partial charge in [0.1, 0.15) is 0 Å². The van der Waals surface area contributed by atoms with E-state index in [1.165, 1.54) is 30.3 Å². The van der Waals surface area contributed by atoms with E-state index < -0.39 is 27.3 Å². The molecular weight excluding hydrogens is 456 g/mol. The average Bonchev–Trinajstić information content (AvgIpc) is 2.75. The quantitative estimate of drug-likeness (QED) is 0.388. The average molecular weight is 470 g/mol. The van der Waals surface area contributed by atoms with Crippen molar-refractivity contribution in [1.29, 1.82) is 0 Å². The van der Waals surface area contributed by atoms with Gasteiger partial charge in [-0.2, -0.15) is 0 Å². The Labute approximate surface area is 187 Å². The predicted octanol–water partition coefficient (Wildman–Crippen LogP) is 3.60. The molecule has 0 saturated carbocycles. The number of nitrogens with zero attached hydrogens (tertiary/aromatic N) is 2. The van der Waals surface area contributed by atoms with Crippen LogP contribution in [0.3, 0.4) is 0 Å². The van der Waals surface area contributed by atoms with Crippen molar-refractivity contribution in [2.24, 2.45) is 0 Å². The van der Waals surface area contributed by atoms with Gasteiger partial charge in [0.25, 0.3) is 10.0 Å². The van der Waals surface area contributed by atoms with Gasteiger partial charge in [-0.15, -0.1) is 0 Å². The molecule has 0 saturated heterocycles. The first-order valence-electron chi connectivity index (χ1n) is 9.09. The molecule has 1 heterocycles. The van der Waals surface area contributed by atoms with Gasteiger partial charge >= 0.3 is 5.97 Å². The van der Waals surface area contributed by atoms with Crippen LogP contribution in [0.5, 0.6) is 5.75 Å². The number of carbonyl (C=O) groups is 1. The molecule has 0 bridgehead atoms. The first kappa shape index (κ1) is 21.3. The number of aromatic nitrogens is 2. The standard InChI is InChI=1S/C21H15ClN4O5S/c22-12-5-8-14(9-6-12)32(30,31)26-20-19(24-16-3-1-2-4-17(16)25-20)23-13-7-10-18(27)15(11-13)21(28)29/h1-11,27H,(H,23,24)(H,25,26)(H,28,29)/p-1. The molecule has 4 aromatic rings. The number of anilines is 3. The van der Waals surface area contributed by atoms with Gasteiger partial charge in [-0.25, -0.2) is 23.2 Å². The first-order chi connectivity index (χ1) is 15.2. The molecule has 0 spiro atoms. The summed E-state index contributed by atoms with van der Waals surface area (Å²) in [5, 5.41) is 24.2. The highest BCUT2D eigenvalue weighted by Crippen LogP contribution is 2.29. The van der Waals surface area contributed by atoms with Crippen LogP contribution in [0.2, 0.25) is 5.02 Å². The minimum atomic E-state index is -4.04. The maximum absolute atomic E-state index is 12.9. The van der Waals surface area contributed by atoms with Crippen LogP contribution in [0, 0.1) is 0 Å². The number of benzene rings is 3. The lowest BCUT2D eigenvalue weighted by Crippen LogP contribution is -2.16. The smallest absolute Gasteiger partial charge is 0.335 e. The van der Waals surface area contributed by atoms with E-state index in [2.05, 4.69) is 20.0 Å². The lowest BCUT2D eigenvalue weighted by atomic mass is 10.2. The first-order valence-corrected chi connectivity index (χ1v) is 11.0. The van der Waals surface area contributed by atoms with Crippen molar-refractivity contribution in [2.45, 2.75) is 4.90 Å². The molecule has 0 amide bonds. The molecule has 0 fully saturated rings. The largest absolute Gasteiger partial charge is 0.872 e. The van der Waals surface area contributed by atoms with Crippen LogP contribution in [0.4, 0.5) is 17.3 Å². The second kappa shape index (κ2) is 8.33. The van der Waals surface area contributed by atoms with E-state index in [0.717, 1.165) is 12.1 Å². The molecule has 9 nitrogen and oxygen atoms in total. The van der Waals surface area contributed by atoms with Crippen molar-refractivity contribution < 1.29 is 23.4 Å². The molecule has 0 aliphatic rings. The molecule has 0 radical (unpaired) electrons. The third-order valence-corrected chi connectivity index (χ3v) is 6.01. The zero-order valence-corrected chi connectivity index (χ0v) is 17.7. The topological polar surface area (TPSA) is 144 Å². The molecule has 0 aliphatic carbocycles. The molecule has 4 rings (SSSR count). The zero-order valence-electron chi connectivity index (χ0n) is 16.1. The van der Waals surface area contributed by atoms with Crippen LogP contribution in [0.1, 0.15) is 10.4 Å². The number of fused-ring (bicyclic) bond motifs is 1. The Kier molecular flexibility index (Phi) is 5.56. The Morgan fingerprint density at radius 3 is 2.19 bits per heavy atom. The molecule has 0 aliphatic heterocycles. The van der Waals surface area contributed by atoms with E-state index in [-0.39, 0.29) is 22.2 Å². The van der Waals surface area contributed by atoms with Gasteiger partial charge in [0.15, 0.2) is 11.6 Å². The van der Waals surface area contributed by atoms with Crippen LogP contribution in [0.15, 0.2) is 71.6 Å². The van der Waals surface area contributed by atoms with Crippen molar-refractivity contribution in [1.82, 2.24) is 9.97 Å². The number of hydrogen-bond donors (Lipinski definition) is 3. The summed E-state index contributed by atoms with van der Waals surface area (Å²) in [4.78, 5) is 20.0. The maximum atomic E-state index is 12.9. The Morgan fingerprint density at radius 2 is 1.56 bits per heavy atom. The van der Waals surface area contributed by atoms with Gasteiger partial charge in [-0.1, -0.05) is 35.5 Å². The van der Waals surface area contributed by atoms with Gasteiger partial charge in [-0.3, -0.25) is 4.72 Å². The highest BCUT2D eigenvalue weighted by atomic mass is 35.5. The van der Waals surface area contributed by atoms with Gasteiger partial charge in [0, 0.05) is 10.7 Å². The molecule has 3 aromatic carbocycles. The van der Waals surface area contributed by atoms with Crippen LogP contribution >= 0.6 is 11.6 Å². The maximum Gasteiger partial charge on any atom is 0.335 e. The Hall–Kier alpha value is -3.89. The van der Waals surface area contributed by atoms with Crippen molar-refractivity contribution in [3.8, 4) is 5.75 Å². The molecular formula is C21H14ClN4O5S-. The Bertz CT molecular complexity index is 1440. The summed E-state index contributed by atoms with van der Waals surface area (Å²) in [6, 6.07) is 16.0. The van der Waals surface area contributed by atoms with E-state index in [1.807, 2.05) is 0 Å². The monoisotopic (exact) mass is 469 g/mol. The number of aromatic carboxylic acids is 1. The van der Waals surface area contributed by atoms with E-state index in [1.54, 1.807) is 24.3 Å². The number of sulfonamides is 1. The van der Waals surface area contributed by atoms with E-state index in [4.69, 9.17) is 11.6 Å². The van der Waals surface area contributed by atoms with Gasteiger partial charge in [0.2, 0.25) is 0 Å². The zero-order chi connectivity index (χ0) is 22.9. The second-order valence-electron chi connectivity index (χ2n) is 6.61. The fourth-order valence-corrected chi connectivity index (χ4v) is 4.00. The third-order valence-electron chi connectivity index (χ3n) is 4.40. The van der Waals surface area contributed by atoms with Crippen LogP contribution in [-0.2, 0) is 10.0 Å².